The van der Waals surface area contributed by atoms with Crippen molar-refractivity contribution in [3.8, 4) is 11.3 Å². The van der Waals surface area contributed by atoms with Crippen LogP contribution in [-0.2, 0) is 16.1 Å². The van der Waals surface area contributed by atoms with E-state index in [2.05, 4.69) is 15.6 Å². The van der Waals surface area contributed by atoms with Gasteiger partial charge in [0.25, 0.3) is 0 Å². The smallest absolute Gasteiger partial charge is 0.250 e. The number of carbonyl (C=O) groups excluding carboxylic acids is 1. The highest BCUT2D eigenvalue weighted by Crippen LogP contribution is 2.25. The Morgan fingerprint density at radius 1 is 1.12 bits per heavy atom. The minimum absolute atomic E-state index is 0.0226. The molecule has 0 atom stereocenters. The first-order valence-electron chi connectivity index (χ1n) is 8.46. The predicted molar refractivity (Wildman–Crippen MR) is 106 cm³/mol. The molecule has 0 fully saturated rings. The van der Waals surface area contributed by atoms with Crippen LogP contribution in [0.15, 0.2) is 60.0 Å². The largest absolute Gasteiger partial charge is 0.367 e. The highest BCUT2D eigenvalue weighted by atomic mass is 32.1. The molecule has 6 heteroatoms. The van der Waals surface area contributed by atoms with Crippen LogP contribution in [0.25, 0.3) is 11.3 Å². The lowest BCUT2D eigenvalue weighted by atomic mass is 10.1. The number of hydrogen-bond donors (Lipinski definition) is 2. The van der Waals surface area contributed by atoms with Gasteiger partial charge in [0, 0.05) is 23.2 Å². The highest BCUT2D eigenvalue weighted by molar-refractivity contribution is 7.14. The lowest BCUT2D eigenvalue weighted by Gasteiger charge is -2.07. The summed E-state index contributed by atoms with van der Waals surface area (Å²) in [5.74, 6) is -0.170. The lowest BCUT2D eigenvalue weighted by Crippen LogP contribution is -2.18. The van der Waals surface area contributed by atoms with E-state index in [9.17, 15) is 4.79 Å². The summed E-state index contributed by atoms with van der Waals surface area (Å²) >= 11 is 1.58. The zero-order chi connectivity index (χ0) is 18.2. The maximum Gasteiger partial charge on any atom is 0.250 e. The van der Waals surface area contributed by atoms with Gasteiger partial charge < -0.3 is 15.4 Å². The second kappa shape index (κ2) is 9.12. The second-order valence-electron chi connectivity index (χ2n) is 5.67. The molecule has 0 saturated carbocycles. The Morgan fingerprint density at radius 2 is 1.88 bits per heavy atom. The standard InChI is InChI=1S/C20H21N3O2S/c1-2-21-20-23-18(14-26-20)16-8-10-17(11-9-16)22-19(24)13-25-12-15-6-4-3-5-7-15/h3-11,14H,2,12-13H2,1H3,(H,21,23)(H,22,24). The van der Waals surface area contributed by atoms with Gasteiger partial charge in [-0.3, -0.25) is 4.79 Å². The number of aromatic nitrogens is 1. The Labute approximate surface area is 157 Å². The molecule has 0 aliphatic carbocycles. The van der Waals surface area contributed by atoms with Crippen LogP contribution in [0.3, 0.4) is 0 Å². The fourth-order valence-electron chi connectivity index (χ4n) is 2.40. The number of benzene rings is 2. The molecule has 1 amide bonds. The van der Waals surface area contributed by atoms with Crippen molar-refractivity contribution in [3.05, 3.63) is 65.5 Å². The Bertz CT molecular complexity index is 832. The third-order valence-corrected chi connectivity index (χ3v) is 4.44. The number of carbonyl (C=O) groups is 1. The van der Waals surface area contributed by atoms with Crippen LogP contribution in [0.2, 0.25) is 0 Å². The molecule has 2 N–H and O–H groups in total. The first kappa shape index (κ1) is 18.1. The van der Waals surface area contributed by atoms with Gasteiger partial charge in [0.15, 0.2) is 5.13 Å². The van der Waals surface area contributed by atoms with Gasteiger partial charge in [-0.2, -0.15) is 0 Å². The summed E-state index contributed by atoms with van der Waals surface area (Å²) in [4.78, 5) is 16.5. The number of rotatable bonds is 8. The number of anilines is 2. The number of hydrogen-bond acceptors (Lipinski definition) is 5. The number of thiazole rings is 1. The molecule has 3 rings (SSSR count). The van der Waals surface area contributed by atoms with Gasteiger partial charge in [0.05, 0.1) is 12.3 Å². The molecule has 3 aromatic rings. The third kappa shape index (κ3) is 5.15. The molecule has 26 heavy (non-hydrogen) atoms. The zero-order valence-corrected chi connectivity index (χ0v) is 15.4. The van der Waals surface area contributed by atoms with E-state index < -0.39 is 0 Å². The van der Waals surface area contributed by atoms with Crippen molar-refractivity contribution >= 4 is 28.1 Å². The molecular weight excluding hydrogens is 346 g/mol. The van der Waals surface area contributed by atoms with Gasteiger partial charge in [-0.25, -0.2) is 4.98 Å². The summed E-state index contributed by atoms with van der Waals surface area (Å²) < 4.78 is 5.44. The minimum Gasteiger partial charge on any atom is -0.367 e. The van der Waals surface area contributed by atoms with Gasteiger partial charge in [-0.15, -0.1) is 11.3 Å². The normalized spacial score (nSPS) is 10.5. The molecule has 0 spiro atoms. The summed E-state index contributed by atoms with van der Waals surface area (Å²) in [7, 11) is 0. The van der Waals surface area contributed by atoms with E-state index in [0.717, 1.165) is 34.2 Å². The molecule has 0 saturated heterocycles. The Morgan fingerprint density at radius 3 is 2.62 bits per heavy atom. The van der Waals surface area contributed by atoms with Crippen molar-refractivity contribution in [1.29, 1.82) is 0 Å². The molecule has 0 unspecified atom stereocenters. The molecule has 0 aliphatic heterocycles. The topological polar surface area (TPSA) is 63.2 Å². The van der Waals surface area contributed by atoms with Crippen LogP contribution < -0.4 is 10.6 Å². The quantitative estimate of drug-likeness (QED) is 0.619. The van der Waals surface area contributed by atoms with Crippen molar-refractivity contribution in [2.24, 2.45) is 0 Å². The fraction of sp³-hybridized carbons (Fsp3) is 0.200. The van der Waals surface area contributed by atoms with E-state index >= 15 is 0 Å². The van der Waals surface area contributed by atoms with Crippen LogP contribution in [0.5, 0.6) is 0 Å². The molecule has 5 nitrogen and oxygen atoms in total. The van der Waals surface area contributed by atoms with Crippen molar-refractivity contribution in [1.82, 2.24) is 4.98 Å². The lowest BCUT2D eigenvalue weighted by molar-refractivity contribution is -0.121. The number of nitrogens with one attached hydrogen (secondary N) is 2. The number of ether oxygens (including phenoxy) is 1. The third-order valence-electron chi connectivity index (χ3n) is 3.64. The van der Waals surface area contributed by atoms with Crippen molar-refractivity contribution in [2.75, 3.05) is 23.8 Å². The van der Waals surface area contributed by atoms with Crippen molar-refractivity contribution < 1.29 is 9.53 Å². The monoisotopic (exact) mass is 367 g/mol. The average Bonchev–Trinajstić information content (AvgIpc) is 3.12. The van der Waals surface area contributed by atoms with Crippen molar-refractivity contribution in [2.45, 2.75) is 13.5 Å². The van der Waals surface area contributed by atoms with Gasteiger partial charge >= 0.3 is 0 Å². The van der Waals surface area contributed by atoms with Crippen LogP contribution in [-0.4, -0.2) is 24.0 Å². The first-order chi connectivity index (χ1) is 12.7. The van der Waals surface area contributed by atoms with E-state index in [0.29, 0.717) is 6.61 Å². The summed E-state index contributed by atoms with van der Waals surface area (Å²) in [5, 5.41) is 8.97. The summed E-state index contributed by atoms with van der Waals surface area (Å²) in [5.41, 5.74) is 3.73. The predicted octanol–water partition coefficient (Wildman–Crippen LogP) is 4.40. The first-order valence-corrected chi connectivity index (χ1v) is 9.34. The van der Waals surface area contributed by atoms with Crippen LogP contribution in [0.4, 0.5) is 10.8 Å². The van der Waals surface area contributed by atoms with Gasteiger partial charge in [-0.1, -0.05) is 42.5 Å². The van der Waals surface area contributed by atoms with Gasteiger partial charge in [0.1, 0.15) is 6.61 Å². The molecule has 0 aliphatic rings. The van der Waals surface area contributed by atoms with Crippen molar-refractivity contribution in [3.63, 3.8) is 0 Å². The van der Waals surface area contributed by atoms with Crippen LogP contribution in [0.1, 0.15) is 12.5 Å². The zero-order valence-electron chi connectivity index (χ0n) is 14.6. The molecule has 134 valence electrons. The van der Waals surface area contributed by atoms with Crippen LogP contribution in [0, 0.1) is 0 Å². The van der Waals surface area contributed by atoms with E-state index in [-0.39, 0.29) is 12.5 Å². The fourth-order valence-corrected chi connectivity index (χ4v) is 3.19. The maximum absolute atomic E-state index is 12.0. The van der Waals surface area contributed by atoms with Gasteiger partial charge in [0.2, 0.25) is 5.91 Å². The van der Waals surface area contributed by atoms with E-state index in [4.69, 9.17) is 4.74 Å². The average molecular weight is 367 g/mol. The highest BCUT2D eigenvalue weighted by Gasteiger charge is 2.06. The van der Waals surface area contributed by atoms with Crippen LogP contribution >= 0.6 is 11.3 Å². The Kier molecular flexibility index (Phi) is 6.35. The molecular formula is C20H21N3O2S. The second-order valence-corrected chi connectivity index (χ2v) is 6.53. The van der Waals surface area contributed by atoms with E-state index in [1.165, 1.54) is 0 Å². The summed E-state index contributed by atoms with van der Waals surface area (Å²) in [6.07, 6.45) is 0. The molecule has 0 bridgehead atoms. The molecule has 1 heterocycles. The molecule has 1 aromatic heterocycles. The Balaban J connectivity index is 1.49. The Hall–Kier alpha value is -2.70. The maximum atomic E-state index is 12.0. The van der Waals surface area contributed by atoms with Gasteiger partial charge in [-0.05, 0) is 24.6 Å². The van der Waals surface area contributed by atoms with E-state index in [1.807, 2.05) is 66.9 Å². The van der Waals surface area contributed by atoms with E-state index in [1.54, 1.807) is 11.3 Å². The summed E-state index contributed by atoms with van der Waals surface area (Å²) in [6.45, 7) is 3.34. The SMILES string of the molecule is CCNc1nc(-c2ccc(NC(=O)COCc3ccccc3)cc2)cs1. The molecule has 2 aromatic carbocycles. The summed E-state index contributed by atoms with van der Waals surface area (Å²) in [6, 6.07) is 17.4. The molecule has 0 radical (unpaired) electrons. The number of amides is 1. The minimum atomic E-state index is -0.170. The number of nitrogens with zero attached hydrogens (tertiary/aromatic N) is 1.